The summed E-state index contributed by atoms with van der Waals surface area (Å²) < 4.78 is 5.20. The fraction of sp³-hybridized carbons (Fsp3) is 0.653. The van der Waals surface area contributed by atoms with Gasteiger partial charge in [0.05, 0.1) is 7.11 Å². The first-order chi connectivity index (χ1) is 36.0. The van der Waals surface area contributed by atoms with Gasteiger partial charge in [0.15, 0.2) is 17.9 Å². The Morgan fingerprint density at radius 1 is 0.618 bits per heavy atom. The van der Waals surface area contributed by atoms with Crippen molar-refractivity contribution in [2.45, 2.75) is 153 Å². The first-order valence-electron chi connectivity index (χ1n) is 26.0. The number of likely N-dealkylation sites (tertiary alicyclic amines) is 1. The van der Waals surface area contributed by atoms with Gasteiger partial charge in [-0.05, 0) is 120 Å². The highest BCUT2D eigenvalue weighted by atomic mass is 16.5. The lowest BCUT2D eigenvalue weighted by Gasteiger charge is -2.32. The number of nitrogens with zero attached hydrogens (tertiary/aromatic N) is 4. The van der Waals surface area contributed by atoms with Gasteiger partial charge in [-0.15, -0.1) is 0 Å². The first kappa shape index (κ1) is 64.7. The molecule has 1 aromatic carbocycles. The summed E-state index contributed by atoms with van der Waals surface area (Å²) in [6, 6.07) is -1.88. The number of ether oxygens (including phenoxy) is 1. The molecule has 0 bridgehead atoms. The average Bonchev–Trinajstić information content (AvgIpc) is 3.87. The fourth-order valence-corrected chi connectivity index (χ4v) is 8.30. The molecule has 0 aliphatic carbocycles. The Kier molecular flexibility index (Phi) is 29.1. The second-order valence-corrected chi connectivity index (χ2v) is 19.2. The molecule has 1 aliphatic heterocycles. The van der Waals surface area contributed by atoms with E-state index in [2.05, 4.69) is 46.9 Å². The van der Waals surface area contributed by atoms with E-state index in [-0.39, 0.29) is 113 Å². The number of hydrogen-bond acceptors (Lipinski definition) is 13. The van der Waals surface area contributed by atoms with E-state index in [1.54, 1.807) is 26.0 Å². The van der Waals surface area contributed by atoms with Crippen molar-refractivity contribution in [2.75, 3.05) is 39.8 Å². The van der Waals surface area contributed by atoms with E-state index in [1.807, 2.05) is 13.8 Å². The van der Waals surface area contributed by atoms with Crippen LogP contribution >= 0.6 is 0 Å². The normalized spacial score (nSPS) is 15.7. The second-order valence-electron chi connectivity index (χ2n) is 19.2. The molecule has 0 aromatic heterocycles. The molecule has 1 saturated heterocycles. The number of amides is 8. The van der Waals surface area contributed by atoms with Gasteiger partial charge in [-0.2, -0.15) is 0 Å². The van der Waals surface area contributed by atoms with Crippen molar-refractivity contribution in [3.05, 3.63) is 29.8 Å². The smallest absolute Gasteiger partial charge is 0.251 e. The van der Waals surface area contributed by atoms with Crippen molar-refractivity contribution in [1.82, 2.24) is 36.8 Å². The Bertz CT molecular complexity index is 2150. The minimum absolute atomic E-state index is 0.0120. The summed E-state index contributed by atoms with van der Waals surface area (Å²) in [5.41, 5.74) is 44.8. The highest BCUT2D eigenvalue weighted by Crippen LogP contribution is 2.22. The van der Waals surface area contributed by atoms with Crippen molar-refractivity contribution < 1.29 is 43.1 Å². The maximum absolute atomic E-state index is 14.7. The van der Waals surface area contributed by atoms with Crippen molar-refractivity contribution in [2.24, 2.45) is 72.7 Å². The van der Waals surface area contributed by atoms with E-state index < -0.39 is 95.5 Å². The van der Waals surface area contributed by atoms with Crippen LogP contribution in [0.1, 0.15) is 122 Å². The lowest BCUT2D eigenvalue weighted by Crippen LogP contribution is -2.60. The van der Waals surface area contributed by atoms with E-state index in [9.17, 15) is 38.4 Å². The molecule has 0 saturated carbocycles. The molecule has 2 rings (SSSR count). The van der Waals surface area contributed by atoms with Crippen molar-refractivity contribution in [3.63, 3.8) is 0 Å². The molecule has 27 heteroatoms. The molecule has 27 nitrogen and oxygen atoms in total. The number of carbonyl (C=O) groups is 8. The maximum atomic E-state index is 14.7. The van der Waals surface area contributed by atoms with Gasteiger partial charge >= 0.3 is 0 Å². The van der Waals surface area contributed by atoms with Crippen molar-refractivity contribution in [3.8, 4) is 5.75 Å². The van der Waals surface area contributed by atoms with Crippen LogP contribution < -0.4 is 82.5 Å². The second kappa shape index (κ2) is 34.2. The Balaban J connectivity index is 2.49. The minimum Gasteiger partial charge on any atom is -0.497 e. The summed E-state index contributed by atoms with van der Waals surface area (Å²) in [6.07, 6.45) is 3.28. The summed E-state index contributed by atoms with van der Waals surface area (Å²) in [5.74, 6) is -5.89. The molecule has 0 unspecified atom stereocenters. The van der Waals surface area contributed by atoms with Gasteiger partial charge in [-0.3, -0.25) is 53.3 Å². The summed E-state index contributed by atoms with van der Waals surface area (Å²) in [4.78, 5) is 125. The number of aliphatic imine (C=N–C) groups is 3. The molecule has 1 fully saturated rings. The third-order valence-electron chi connectivity index (χ3n) is 12.6. The molecule has 22 N–H and O–H groups in total. The SMILES string of the molecule is CC[C@H](C)[C@H](NC(=O)[C@H](CCCN=C(N)N)NC(=O)[C@@H](CCCN=C(N)N)NC(=O)c1ccc(OC)cc1)C(=O)N[C@H](CCCN=C(N)N)C(=O)N1CCC[C@H]1C(=O)N[C@H](CCCCN)C(=O)N[C@H](CC(C)C)C(N)=O. The standard InChI is InChI=1S/C49H86N18O9/c1-6-29(4)38(66-43(72)34(15-10-24-59-48(54)55)62-41(70)33(14-9-23-58-47(52)53)61-40(69)30-18-20-31(76-5)21-19-30)45(74)64-35(16-11-25-60-49(56)57)46(75)67-26-12-17-37(67)44(73)63-32(13-7-8-22-50)42(71)65-36(39(51)68)27-28(2)3/h18-21,28-29,32-38H,6-17,22-27,50H2,1-5H3,(H2,51,68)(H,61,69)(H,62,70)(H,63,73)(H,64,74)(H,65,71)(H,66,72)(H4,52,53,58)(H4,54,55,59)(H4,56,57,60)/t29-,32+,33+,34-,35+,36+,37-,38-/m0/s1. The van der Waals surface area contributed by atoms with Crippen LogP contribution in [0.4, 0.5) is 0 Å². The molecule has 0 radical (unpaired) electrons. The summed E-state index contributed by atoms with van der Waals surface area (Å²) in [7, 11) is 1.48. The van der Waals surface area contributed by atoms with Crippen LogP contribution in [-0.2, 0) is 33.6 Å². The van der Waals surface area contributed by atoms with Crippen LogP contribution in [0.2, 0.25) is 0 Å². The molecule has 8 atom stereocenters. The first-order valence-corrected chi connectivity index (χ1v) is 26.0. The number of nitrogens with one attached hydrogen (secondary N) is 6. The van der Waals surface area contributed by atoms with Gasteiger partial charge in [0, 0.05) is 31.7 Å². The Labute approximate surface area is 445 Å². The number of carbonyl (C=O) groups excluding carboxylic acids is 8. The number of methoxy groups -OCH3 is 1. The molecule has 1 aliphatic rings. The van der Waals surface area contributed by atoms with E-state index in [0.29, 0.717) is 38.0 Å². The fourth-order valence-electron chi connectivity index (χ4n) is 8.30. The van der Waals surface area contributed by atoms with E-state index in [1.165, 1.54) is 24.1 Å². The number of hydrogen-bond donors (Lipinski definition) is 14. The molecule has 8 amide bonds. The Morgan fingerprint density at radius 2 is 1.09 bits per heavy atom. The van der Waals surface area contributed by atoms with Gasteiger partial charge in [-0.25, -0.2) is 0 Å². The van der Waals surface area contributed by atoms with E-state index in [0.717, 1.165) is 0 Å². The van der Waals surface area contributed by atoms with Gasteiger partial charge in [0.2, 0.25) is 41.4 Å². The maximum Gasteiger partial charge on any atom is 0.251 e. The zero-order chi connectivity index (χ0) is 56.9. The van der Waals surface area contributed by atoms with Crippen molar-refractivity contribution in [1.29, 1.82) is 0 Å². The molecule has 76 heavy (non-hydrogen) atoms. The van der Waals surface area contributed by atoms with Crippen LogP contribution in [0, 0.1) is 11.8 Å². The monoisotopic (exact) mass is 1070 g/mol. The third-order valence-corrected chi connectivity index (χ3v) is 12.6. The molecule has 1 aromatic rings. The van der Waals surface area contributed by atoms with E-state index in [4.69, 9.17) is 50.6 Å². The van der Waals surface area contributed by atoms with Gasteiger partial charge in [-0.1, -0.05) is 34.1 Å². The van der Waals surface area contributed by atoms with Crippen LogP contribution in [0.15, 0.2) is 39.2 Å². The highest BCUT2D eigenvalue weighted by Gasteiger charge is 2.40. The Morgan fingerprint density at radius 3 is 1.58 bits per heavy atom. The summed E-state index contributed by atoms with van der Waals surface area (Å²) in [6.45, 7) is 8.08. The molecular weight excluding hydrogens is 985 g/mol. The lowest BCUT2D eigenvalue weighted by molar-refractivity contribution is -0.143. The molecule has 1 heterocycles. The van der Waals surface area contributed by atoms with E-state index >= 15 is 0 Å². The Hall–Kier alpha value is -7.45. The lowest BCUT2D eigenvalue weighted by atomic mass is 9.96. The number of primary amides is 1. The average molecular weight is 1070 g/mol. The summed E-state index contributed by atoms with van der Waals surface area (Å²) in [5, 5.41) is 16.6. The minimum atomic E-state index is -1.29. The van der Waals surface area contributed by atoms with Crippen LogP contribution in [0.3, 0.4) is 0 Å². The van der Waals surface area contributed by atoms with Gasteiger partial charge in [0.1, 0.15) is 48.0 Å². The van der Waals surface area contributed by atoms with Crippen LogP contribution in [-0.4, -0.2) is 152 Å². The molecular formula is C49H86N18O9. The quantitative estimate of drug-likeness (QED) is 0.0184. The number of rotatable bonds is 35. The third kappa shape index (κ3) is 23.4. The zero-order valence-electron chi connectivity index (χ0n) is 44.8. The predicted molar refractivity (Wildman–Crippen MR) is 289 cm³/mol. The topological polar surface area (TPSA) is 466 Å². The van der Waals surface area contributed by atoms with Gasteiger partial charge < -0.3 is 87.4 Å². The van der Waals surface area contributed by atoms with Gasteiger partial charge in [0.25, 0.3) is 5.91 Å². The largest absolute Gasteiger partial charge is 0.497 e. The molecule has 426 valence electrons. The number of benzene rings is 1. The summed E-state index contributed by atoms with van der Waals surface area (Å²) >= 11 is 0. The van der Waals surface area contributed by atoms with Crippen molar-refractivity contribution >= 4 is 65.1 Å². The number of guanidine groups is 3. The highest BCUT2D eigenvalue weighted by molar-refractivity contribution is 6.00. The van der Waals surface area contributed by atoms with Crippen LogP contribution in [0.5, 0.6) is 5.75 Å². The predicted octanol–water partition coefficient (Wildman–Crippen LogP) is -2.92. The number of nitrogens with two attached hydrogens (primary N) is 8. The van der Waals surface area contributed by atoms with Crippen LogP contribution in [0.25, 0.3) is 0 Å². The zero-order valence-corrected chi connectivity index (χ0v) is 44.8. The number of unbranched alkanes of at least 4 members (excludes halogenated alkanes) is 1. The molecule has 0 spiro atoms.